The fourth-order valence-electron chi connectivity index (χ4n) is 2.16. The third kappa shape index (κ3) is 2.80. The lowest BCUT2D eigenvalue weighted by molar-refractivity contribution is 0.0980. The van der Waals surface area contributed by atoms with E-state index in [1.807, 2.05) is 4.72 Å². The molecule has 1 N–H and O–H groups in total. The van der Waals surface area contributed by atoms with Crippen molar-refractivity contribution in [2.75, 3.05) is 0 Å². The first-order valence-electron chi connectivity index (χ1n) is 6.59. The Bertz CT molecular complexity index is 1070. The molecule has 0 spiro atoms. The van der Waals surface area contributed by atoms with E-state index in [0.29, 0.717) is 15.8 Å². The Labute approximate surface area is 150 Å². The first-order chi connectivity index (χ1) is 11.2. The number of amides is 1. The minimum Gasteiger partial charge on any atom is -0.287 e. The molecule has 0 saturated carbocycles. The summed E-state index contributed by atoms with van der Waals surface area (Å²) >= 11 is 9.23. The molecule has 3 aromatic heterocycles. The Kier molecular flexibility index (Phi) is 4.14. The molecule has 0 radical (unpaired) electrons. The van der Waals surface area contributed by atoms with Crippen molar-refractivity contribution in [3.8, 4) is 0 Å². The highest BCUT2D eigenvalue weighted by Crippen LogP contribution is 2.24. The van der Waals surface area contributed by atoms with Crippen LogP contribution in [0.3, 0.4) is 0 Å². The number of fused-ring (bicyclic) bond motifs is 1. The number of hydrogen-bond donors (Lipinski definition) is 1. The van der Waals surface area contributed by atoms with E-state index in [2.05, 4.69) is 26.0 Å². The van der Waals surface area contributed by atoms with Crippen molar-refractivity contribution in [1.29, 1.82) is 0 Å². The Morgan fingerprint density at radius 1 is 1.38 bits per heavy atom. The number of nitrogens with one attached hydrogen (secondary N) is 1. The molecule has 3 aromatic rings. The van der Waals surface area contributed by atoms with Gasteiger partial charge in [0.25, 0.3) is 15.9 Å². The molecule has 3 rings (SSSR count). The standard InChI is InChI=1S/C13H11BrClN5O3S/c1-7-9(5-16-19(7)2)12(21)18-24(22,23)13-11(15)17-10-4-3-8(14)6-20(10)13/h3-6H,1-2H3,(H,18,21). The lowest BCUT2D eigenvalue weighted by Crippen LogP contribution is -2.31. The summed E-state index contributed by atoms with van der Waals surface area (Å²) in [5.74, 6) is -0.790. The zero-order chi connectivity index (χ0) is 17.6. The number of rotatable bonds is 3. The van der Waals surface area contributed by atoms with Crippen molar-refractivity contribution in [3.63, 3.8) is 0 Å². The van der Waals surface area contributed by atoms with Crippen LogP contribution in [-0.4, -0.2) is 33.5 Å². The Hall–Kier alpha value is -1.91. The van der Waals surface area contributed by atoms with Gasteiger partial charge >= 0.3 is 0 Å². The second-order valence-corrected chi connectivity index (χ2v) is 7.86. The number of imidazole rings is 1. The first kappa shape index (κ1) is 16.9. The lowest BCUT2D eigenvalue weighted by Gasteiger charge is -2.07. The molecule has 3 heterocycles. The van der Waals surface area contributed by atoms with Gasteiger partial charge in [-0.05, 0) is 35.0 Å². The molecule has 0 bridgehead atoms. The molecular formula is C13H11BrClN5O3S. The number of sulfonamides is 1. The van der Waals surface area contributed by atoms with Gasteiger partial charge in [0, 0.05) is 23.4 Å². The van der Waals surface area contributed by atoms with Gasteiger partial charge in [0.2, 0.25) is 0 Å². The number of pyridine rings is 1. The molecule has 0 aliphatic carbocycles. The summed E-state index contributed by atoms with van der Waals surface area (Å²) in [5.41, 5.74) is 1.04. The Balaban J connectivity index is 2.05. The highest BCUT2D eigenvalue weighted by Gasteiger charge is 2.28. The van der Waals surface area contributed by atoms with Crippen LogP contribution in [-0.2, 0) is 17.1 Å². The summed E-state index contributed by atoms with van der Waals surface area (Å²) in [6.07, 6.45) is 2.80. The smallest absolute Gasteiger partial charge is 0.283 e. The molecule has 0 unspecified atom stereocenters. The van der Waals surface area contributed by atoms with E-state index in [1.54, 1.807) is 26.1 Å². The summed E-state index contributed by atoms with van der Waals surface area (Å²) in [5, 5.41) is 3.38. The SMILES string of the molecule is Cc1c(C(=O)NS(=O)(=O)c2c(Cl)nc3ccc(Br)cn23)cnn1C. The maximum absolute atomic E-state index is 12.6. The molecule has 126 valence electrons. The third-order valence-corrected chi connectivity index (χ3v) is 5.66. The van der Waals surface area contributed by atoms with E-state index in [-0.39, 0.29) is 15.7 Å². The topological polar surface area (TPSA) is 98.4 Å². The van der Waals surface area contributed by atoms with E-state index in [1.165, 1.54) is 21.5 Å². The number of hydrogen-bond acceptors (Lipinski definition) is 5. The van der Waals surface area contributed by atoms with Gasteiger partial charge < -0.3 is 0 Å². The van der Waals surface area contributed by atoms with Crippen LogP contribution in [0.25, 0.3) is 5.65 Å². The van der Waals surface area contributed by atoms with Crippen LogP contribution in [0, 0.1) is 6.92 Å². The van der Waals surface area contributed by atoms with Crippen molar-refractivity contribution >= 4 is 49.1 Å². The number of halogens is 2. The number of carbonyl (C=O) groups is 1. The van der Waals surface area contributed by atoms with E-state index in [9.17, 15) is 13.2 Å². The van der Waals surface area contributed by atoms with E-state index >= 15 is 0 Å². The van der Waals surface area contributed by atoms with Crippen LogP contribution in [0.1, 0.15) is 16.1 Å². The second-order valence-electron chi connectivity index (χ2n) is 4.99. The van der Waals surface area contributed by atoms with Crippen molar-refractivity contribution < 1.29 is 13.2 Å². The van der Waals surface area contributed by atoms with Crippen molar-refractivity contribution in [2.24, 2.45) is 7.05 Å². The van der Waals surface area contributed by atoms with Crippen LogP contribution in [0.5, 0.6) is 0 Å². The average molecular weight is 433 g/mol. The van der Waals surface area contributed by atoms with Crippen LogP contribution >= 0.6 is 27.5 Å². The number of aromatic nitrogens is 4. The third-order valence-electron chi connectivity index (χ3n) is 3.46. The van der Waals surface area contributed by atoms with Crippen LogP contribution in [0.2, 0.25) is 5.15 Å². The van der Waals surface area contributed by atoms with Gasteiger partial charge in [0.05, 0.1) is 11.8 Å². The largest absolute Gasteiger partial charge is 0.287 e. The highest BCUT2D eigenvalue weighted by atomic mass is 79.9. The molecule has 0 aliphatic rings. The minimum absolute atomic E-state index is 0.159. The van der Waals surface area contributed by atoms with Gasteiger partial charge in [0.15, 0.2) is 10.2 Å². The predicted octanol–water partition coefficient (Wildman–Crippen LogP) is 1.91. The van der Waals surface area contributed by atoms with Gasteiger partial charge in [-0.15, -0.1) is 0 Å². The zero-order valence-corrected chi connectivity index (χ0v) is 15.6. The highest BCUT2D eigenvalue weighted by molar-refractivity contribution is 9.10. The molecule has 0 atom stereocenters. The maximum Gasteiger partial charge on any atom is 0.283 e. The molecular weight excluding hydrogens is 422 g/mol. The van der Waals surface area contributed by atoms with Crippen LogP contribution in [0.4, 0.5) is 0 Å². The molecule has 11 heteroatoms. The lowest BCUT2D eigenvalue weighted by atomic mass is 10.2. The maximum atomic E-state index is 12.6. The zero-order valence-electron chi connectivity index (χ0n) is 12.5. The van der Waals surface area contributed by atoms with Crippen molar-refractivity contribution in [3.05, 3.63) is 45.4 Å². The summed E-state index contributed by atoms with van der Waals surface area (Å²) in [6, 6.07) is 3.30. The van der Waals surface area contributed by atoms with Crippen molar-refractivity contribution in [1.82, 2.24) is 23.9 Å². The Morgan fingerprint density at radius 3 is 2.71 bits per heavy atom. The van der Waals surface area contributed by atoms with Crippen LogP contribution in [0.15, 0.2) is 34.0 Å². The van der Waals surface area contributed by atoms with E-state index < -0.39 is 15.9 Å². The monoisotopic (exact) mass is 431 g/mol. The molecule has 0 aliphatic heterocycles. The van der Waals surface area contributed by atoms with E-state index in [0.717, 1.165) is 0 Å². The molecule has 0 saturated heterocycles. The first-order valence-corrected chi connectivity index (χ1v) is 9.25. The fourth-order valence-corrected chi connectivity index (χ4v) is 4.10. The molecule has 1 amide bonds. The summed E-state index contributed by atoms with van der Waals surface area (Å²) in [6.45, 7) is 1.66. The predicted molar refractivity (Wildman–Crippen MR) is 90.5 cm³/mol. The number of carbonyl (C=O) groups excluding carboxylic acids is 1. The van der Waals surface area contributed by atoms with Gasteiger partial charge in [-0.1, -0.05) is 11.6 Å². The molecule has 24 heavy (non-hydrogen) atoms. The summed E-state index contributed by atoms with van der Waals surface area (Å²) in [4.78, 5) is 16.3. The summed E-state index contributed by atoms with van der Waals surface area (Å²) in [7, 11) is -2.58. The van der Waals surface area contributed by atoms with Crippen LogP contribution < -0.4 is 4.72 Å². The average Bonchev–Trinajstić information content (AvgIpc) is 2.98. The quantitative estimate of drug-likeness (QED) is 0.682. The number of aryl methyl sites for hydroxylation is 1. The van der Waals surface area contributed by atoms with E-state index in [4.69, 9.17) is 11.6 Å². The second kappa shape index (κ2) is 5.87. The Morgan fingerprint density at radius 2 is 2.08 bits per heavy atom. The number of nitrogens with zero attached hydrogens (tertiary/aromatic N) is 4. The summed E-state index contributed by atoms with van der Waals surface area (Å²) < 4.78 is 30.6. The fraction of sp³-hybridized carbons (Fsp3) is 0.154. The van der Waals surface area contributed by atoms with Gasteiger partial charge in [0.1, 0.15) is 5.65 Å². The minimum atomic E-state index is -4.23. The normalized spacial score (nSPS) is 11.8. The van der Waals surface area contributed by atoms with Gasteiger partial charge in [-0.25, -0.2) is 9.71 Å². The van der Waals surface area contributed by atoms with Gasteiger partial charge in [-0.3, -0.25) is 13.9 Å². The molecule has 8 nitrogen and oxygen atoms in total. The van der Waals surface area contributed by atoms with Gasteiger partial charge in [-0.2, -0.15) is 13.5 Å². The van der Waals surface area contributed by atoms with Crippen molar-refractivity contribution in [2.45, 2.75) is 11.9 Å². The molecule has 0 aromatic carbocycles. The molecule has 0 fully saturated rings.